The molecule has 1 fully saturated rings. The van der Waals surface area contributed by atoms with Crippen molar-refractivity contribution < 1.29 is 32.6 Å². The van der Waals surface area contributed by atoms with E-state index in [0.29, 0.717) is 18.8 Å². The zero-order chi connectivity index (χ0) is 18.4. The van der Waals surface area contributed by atoms with Crippen LogP contribution in [0.3, 0.4) is 0 Å². The van der Waals surface area contributed by atoms with Gasteiger partial charge in [-0.2, -0.15) is 0 Å². The van der Waals surface area contributed by atoms with Crippen molar-refractivity contribution in [2.24, 2.45) is 0 Å². The van der Waals surface area contributed by atoms with Gasteiger partial charge < -0.3 is 19.9 Å². The number of sulfone groups is 1. The second-order valence-corrected chi connectivity index (χ2v) is 8.05. The van der Waals surface area contributed by atoms with Gasteiger partial charge in [-0.25, -0.2) is 13.2 Å². The summed E-state index contributed by atoms with van der Waals surface area (Å²) in [4.78, 5) is 22.8. The molecule has 9 heteroatoms. The number of hydrogen-bond donors (Lipinski definition) is 2. The molecule has 1 saturated heterocycles. The van der Waals surface area contributed by atoms with E-state index in [1.165, 1.54) is 31.2 Å². The minimum Gasteiger partial charge on any atom is -0.486 e. The molecular formula is C16H21NO7S. The molecule has 0 aliphatic carbocycles. The quantitative estimate of drug-likeness (QED) is 0.715. The Kier molecular flexibility index (Phi) is 6.38. The lowest BCUT2D eigenvalue weighted by Crippen LogP contribution is -2.52. The highest BCUT2D eigenvalue weighted by atomic mass is 32.2. The van der Waals surface area contributed by atoms with Crippen molar-refractivity contribution in [3.63, 3.8) is 0 Å². The number of carbonyl (C=O) groups is 2. The highest BCUT2D eigenvalue weighted by Crippen LogP contribution is 2.18. The minimum absolute atomic E-state index is 0.0932. The van der Waals surface area contributed by atoms with Gasteiger partial charge >= 0.3 is 5.97 Å². The zero-order valence-electron chi connectivity index (χ0n) is 13.8. The molecule has 1 aromatic carbocycles. The molecule has 8 nitrogen and oxygen atoms in total. The molecule has 2 atom stereocenters. The maximum atomic E-state index is 12.0. The van der Waals surface area contributed by atoms with E-state index in [1.807, 2.05) is 0 Å². The molecule has 25 heavy (non-hydrogen) atoms. The molecule has 0 spiro atoms. The number of carboxylic acids is 1. The van der Waals surface area contributed by atoms with E-state index in [0.717, 1.165) is 0 Å². The summed E-state index contributed by atoms with van der Waals surface area (Å²) in [7, 11) is -3.40. The maximum Gasteiger partial charge on any atom is 0.335 e. The number of nitrogens with one attached hydrogen (secondary N) is 1. The number of hydrogen-bond acceptors (Lipinski definition) is 6. The molecule has 0 saturated carbocycles. The number of amides is 1. The summed E-state index contributed by atoms with van der Waals surface area (Å²) in [5.74, 6) is -1.80. The van der Waals surface area contributed by atoms with Gasteiger partial charge in [-0.05, 0) is 30.7 Å². The number of carbonyl (C=O) groups excluding carboxylic acids is 1. The van der Waals surface area contributed by atoms with Crippen LogP contribution in [-0.2, 0) is 19.4 Å². The van der Waals surface area contributed by atoms with Crippen molar-refractivity contribution in [2.75, 3.05) is 24.7 Å². The molecule has 2 rings (SSSR count). The summed E-state index contributed by atoms with van der Waals surface area (Å²) in [6, 6.07) is 5.51. The van der Waals surface area contributed by atoms with Gasteiger partial charge in [0.25, 0.3) is 0 Å². The van der Waals surface area contributed by atoms with Gasteiger partial charge in [-0.3, -0.25) is 4.79 Å². The van der Waals surface area contributed by atoms with Crippen LogP contribution in [0.1, 0.15) is 23.7 Å². The highest BCUT2D eigenvalue weighted by Gasteiger charge is 2.30. The molecule has 2 N–H and O–H groups in total. The number of carboxylic acid groups (broad SMARTS) is 1. The van der Waals surface area contributed by atoms with Crippen molar-refractivity contribution >= 4 is 21.7 Å². The average molecular weight is 371 g/mol. The Hall–Kier alpha value is -2.13. The molecule has 1 aliphatic heterocycles. The summed E-state index contributed by atoms with van der Waals surface area (Å²) in [5, 5.41) is 11.6. The number of aromatic carboxylic acids is 1. The third-order valence-electron chi connectivity index (χ3n) is 3.83. The van der Waals surface area contributed by atoms with Gasteiger partial charge in [0.15, 0.2) is 9.84 Å². The SMILES string of the molecule is CCS(=O)(=O)CC(=O)N[C@@H]1CCOC[C@H]1Oc1ccc(C(=O)O)cc1. The molecule has 1 aromatic rings. The van der Waals surface area contributed by atoms with Crippen molar-refractivity contribution in [3.8, 4) is 5.75 Å². The Morgan fingerprint density at radius 1 is 1.32 bits per heavy atom. The van der Waals surface area contributed by atoms with Crippen molar-refractivity contribution in [2.45, 2.75) is 25.5 Å². The van der Waals surface area contributed by atoms with Crippen LogP contribution in [0.25, 0.3) is 0 Å². The minimum atomic E-state index is -3.40. The molecular weight excluding hydrogens is 350 g/mol. The van der Waals surface area contributed by atoms with Gasteiger partial charge in [-0.1, -0.05) is 6.92 Å². The fourth-order valence-electron chi connectivity index (χ4n) is 2.39. The summed E-state index contributed by atoms with van der Waals surface area (Å²) in [6.45, 7) is 2.17. The first-order valence-corrected chi connectivity index (χ1v) is 9.70. The van der Waals surface area contributed by atoms with E-state index in [2.05, 4.69) is 5.32 Å². The molecule has 0 aromatic heterocycles. The van der Waals surface area contributed by atoms with Gasteiger partial charge in [0, 0.05) is 12.4 Å². The van der Waals surface area contributed by atoms with Crippen molar-refractivity contribution in [1.29, 1.82) is 0 Å². The standard InChI is InChI=1S/C16H21NO7S/c1-2-25(21,22)10-15(18)17-13-7-8-23-9-14(13)24-12-5-3-11(4-6-12)16(19)20/h3-6,13-14H,2,7-10H2,1H3,(H,17,18)(H,19,20)/t13-,14-/m1/s1. The topological polar surface area (TPSA) is 119 Å². The van der Waals surface area contributed by atoms with Crippen molar-refractivity contribution in [1.82, 2.24) is 5.32 Å². The molecule has 0 bridgehead atoms. The van der Waals surface area contributed by atoms with Crippen LogP contribution in [0.15, 0.2) is 24.3 Å². The Labute approximate surface area is 146 Å². The predicted molar refractivity (Wildman–Crippen MR) is 89.5 cm³/mol. The van der Waals surface area contributed by atoms with Gasteiger partial charge in [-0.15, -0.1) is 0 Å². The van der Waals surface area contributed by atoms with Gasteiger partial charge in [0.2, 0.25) is 5.91 Å². The van der Waals surface area contributed by atoms with Crippen LogP contribution in [0.5, 0.6) is 5.75 Å². The lowest BCUT2D eigenvalue weighted by molar-refractivity contribution is -0.121. The smallest absolute Gasteiger partial charge is 0.335 e. The molecule has 1 heterocycles. The summed E-state index contributed by atoms with van der Waals surface area (Å²) < 4.78 is 34.2. The average Bonchev–Trinajstić information content (AvgIpc) is 2.56. The first-order chi connectivity index (χ1) is 11.8. The van der Waals surface area contributed by atoms with Crippen LogP contribution in [0, 0.1) is 0 Å². The molecule has 138 valence electrons. The molecule has 1 aliphatic rings. The van der Waals surface area contributed by atoms with E-state index in [4.69, 9.17) is 14.6 Å². The lowest BCUT2D eigenvalue weighted by Gasteiger charge is -2.32. The van der Waals surface area contributed by atoms with Crippen molar-refractivity contribution in [3.05, 3.63) is 29.8 Å². The fourth-order valence-corrected chi connectivity index (χ4v) is 3.08. The Morgan fingerprint density at radius 3 is 2.60 bits per heavy atom. The first-order valence-electron chi connectivity index (χ1n) is 7.88. The third-order valence-corrected chi connectivity index (χ3v) is 5.41. The van der Waals surface area contributed by atoms with E-state index < -0.39 is 33.6 Å². The van der Waals surface area contributed by atoms with Crippen LogP contribution in [0.4, 0.5) is 0 Å². The normalized spacial score (nSPS) is 20.7. The monoisotopic (exact) mass is 371 g/mol. The summed E-state index contributed by atoms with van der Waals surface area (Å²) in [5.41, 5.74) is 0.141. The molecule has 0 unspecified atom stereocenters. The Morgan fingerprint density at radius 2 is 2.00 bits per heavy atom. The summed E-state index contributed by atoms with van der Waals surface area (Å²) in [6.07, 6.45) is 0.00759. The predicted octanol–water partition coefficient (Wildman–Crippen LogP) is 0.472. The van der Waals surface area contributed by atoms with Gasteiger partial charge in [0.1, 0.15) is 17.6 Å². The largest absolute Gasteiger partial charge is 0.486 e. The number of ether oxygens (including phenoxy) is 2. The Balaban J connectivity index is 2.00. The van der Waals surface area contributed by atoms with Crippen LogP contribution >= 0.6 is 0 Å². The fraction of sp³-hybridized carbons (Fsp3) is 0.500. The second-order valence-electron chi connectivity index (χ2n) is 5.70. The zero-order valence-corrected chi connectivity index (χ0v) is 14.6. The van der Waals surface area contributed by atoms with E-state index >= 15 is 0 Å². The molecule has 1 amide bonds. The van der Waals surface area contributed by atoms with Crippen LogP contribution in [0.2, 0.25) is 0 Å². The lowest BCUT2D eigenvalue weighted by atomic mass is 10.1. The highest BCUT2D eigenvalue weighted by molar-refractivity contribution is 7.92. The maximum absolute atomic E-state index is 12.0. The van der Waals surface area contributed by atoms with E-state index in [-0.39, 0.29) is 24.0 Å². The van der Waals surface area contributed by atoms with E-state index in [9.17, 15) is 18.0 Å². The molecule has 0 radical (unpaired) electrons. The second kappa shape index (κ2) is 8.30. The van der Waals surface area contributed by atoms with E-state index in [1.54, 1.807) is 0 Å². The van der Waals surface area contributed by atoms with Gasteiger partial charge in [0.05, 0.1) is 18.2 Å². The Bertz CT molecular complexity index is 715. The summed E-state index contributed by atoms with van der Waals surface area (Å²) >= 11 is 0. The van der Waals surface area contributed by atoms with Crippen LogP contribution < -0.4 is 10.1 Å². The first kappa shape index (κ1) is 19.2. The third kappa shape index (κ3) is 5.71. The number of rotatable bonds is 7. The van der Waals surface area contributed by atoms with Crippen LogP contribution in [-0.4, -0.2) is 62.3 Å². The number of benzene rings is 1.